The Morgan fingerprint density at radius 1 is 1.17 bits per heavy atom. The van der Waals surface area contributed by atoms with Gasteiger partial charge in [-0.2, -0.15) is 0 Å². The summed E-state index contributed by atoms with van der Waals surface area (Å²) in [4.78, 5) is 12.8. The van der Waals surface area contributed by atoms with Crippen LogP contribution in [0.1, 0.15) is 114 Å². The van der Waals surface area contributed by atoms with Crippen LogP contribution >= 0.6 is 0 Å². The number of aliphatic hydroxyl groups is 2. The summed E-state index contributed by atoms with van der Waals surface area (Å²) in [6.07, 6.45) is 9.78. The number of carbonyl (C=O) groups excluding carboxylic acids is 1. The van der Waals surface area contributed by atoms with Crippen molar-refractivity contribution in [2.45, 2.75) is 111 Å². The molecule has 5 nitrogen and oxygen atoms in total. The summed E-state index contributed by atoms with van der Waals surface area (Å²) in [6.45, 7) is 16.1. The number of ketones is 1. The zero-order valence-electron chi connectivity index (χ0n) is 27.0. The molecule has 0 bridgehead atoms. The second-order valence-electron chi connectivity index (χ2n) is 14.9. The van der Waals surface area contributed by atoms with Crippen molar-refractivity contribution in [3.05, 3.63) is 47.1 Å². The van der Waals surface area contributed by atoms with E-state index in [2.05, 4.69) is 41.2 Å². The average Bonchev–Trinajstić information content (AvgIpc) is 2.95. The third-order valence-corrected chi connectivity index (χ3v) is 12.7. The first kappa shape index (κ1) is 31.3. The molecule has 5 heteroatoms. The van der Waals surface area contributed by atoms with Gasteiger partial charge in [-0.1, -0.05) is 51.0 Å². The maximum absolute atomic E-state index is 12.8. The highest BCUT2D eigenvalue weighted by Gasteiger charge is 2.62. The normalized spacial score (nSPS) is 38.7. The van der Waals surface area contributed by atoms with Crippen LogP contribution in [0.2, 0.25) is 0 Å². The Hall–Kier alpha value is -2.11. The first-order chi connectivity index (χ1) is 19.8. The van der Waals surface area contributed by atoms with Crippen LogP contribution in [0, 0.1) is 40.4 Å². The number of carbonyl (C=O) groups is 1. The fourth-order valence-corrected chi connectivity index (χ4v) is 10.1. The van der Waals surface area contributed by atoms with Crippen LogP contribution in [0.5, 0.6) is 11.5 Å². The van der Waals surface area contributed by atoms with Crippen molar-refractivity contribution in [2.24, 2.45) is 40.4 Å². The molecule has 5 rings (SSSR count). The molecular formula is C37H54O5. The summed E-state index contributed by atoms with van der Waals surface area (Å²) in [6, 6.07) is 3.65. The van der Waals surface area contributed by atoms with E-state index in [-0.39, 0.29) is 28.6 Å². The molecule has 0 radical (unpaired) electrons. The Morgan fingerprint density at radius 2 is 1.90 bits per heavy atom. The Kier molecular flexibility index (Phi) is 8.77. The maximum atomic E-state index is 12.8. The lowest BCUT2D eigenvalue weighted by atomic mass is 9.39. The zero-order valence-corrected chi connectivity index (χ0v) is 27.0. The molecule has 0 aromatic heterocycles. The largest absolute Gasteiger partial charge is 0.497 e. The van der Waals surface area contributed by atoms with E-state index >= 15 is 0 Å². The van der Waals surface area contributed by atoms with Gasteiger partial charge in [0.15, 0.2) is 5.78 Å². The van der Waals surface area contributed by atoms with Crippen molar-refractivity contribution in [1.82, 2.24) is 0 Å². The Labute approximate surface area is 253 Å². The van der Waals surface area contributed by atoms with Crippen LogP contribution in [0.4, 0.5) is 0 Å². The predicted octanol–water partition coefficient (Wildman–Crippen LogP) is 7.89. The van der Waals surface area contributed by atoms with Gasteiger partial charge in [0.05, 0.1) is 32.0 Å². The van der Waals surface area contributed by atoms with Gasteiger partial charge < -0.3 is 19.7 Å². The fourth-order valence-electron chi connectivity index (χ4n) is 10.1. The number of hydrogen-bond acceptors (Lipinski definition) is 5. The van der Waals surface area contributed by atoms with Gasteiger partial charge in [-0.3, -0.25) is 4.79 Å². The van der Waals surface area contributed by atoms with Crippen molar-refractivity contribution < 1.29 is 24.5 Å². The third-order valence-electron chi connectivity index (χ3n) is 12.7. The monoisotopic (exact) mass is 578 g/mol. The number of rotatable bonds is 8. The van der Waals surface area contributed by atoms with Gasteiger partial charge in [-0.25, -0.2) is 0 Å². The molecule has 42 heavy (non-hydrogen) atoms. The standard InChI is InChI=1S/C37H54O5/c1-21(2)26-20-33(40)37(6)14-9-10-29-35(37)28(26)17-23(4)36(29,5)15-13-22(3)16-31(39)25-11-12-30(38)34-27(25)18-24(41-7)19-32(34)42-8/h16,18-19,23,25-26,28-29,31,33,35,39-40H,1,9-15,17,20H2,2-8H3. The van der Waals surface area contributed by atoms with Gasteiger partial charge in [0.2, 0.25) is 0 Å². The highest BCUT2D eigenvalue weighted by atomic mass is 16.5. The predicted molar refractivity (Wildman–Crippen MR) is 168 cm³/mol. The zero-order chi connectivity index (χ0) is 30.6. The molecule has 232 valence electrons. The number of hydrogen-bond donors (Lipinski definition) is 2. The van der Waals surface area contributed by atoms with Gasteiger partial charge in [0.1, 0.15) is 11.5 Å². The minimum atomic E-state index is -0.683. The van der Waals surface area contributed by atoms with Crippen LogP contribution in [0.3, 0.4) is 0 Å². The Bertz CT molecular complexity index is 1230. The van der Waals surface area contributed by atoms with E-state index in [1.807, 2.05) is 12.1 Å². The van der Waals surface area contributed by atoms with Crippen LogP contribution in [-0.2, 0) is 0 Å². The number of benzene rings is 1. The second kappa shape index (κ2) is 11.8. The molecule has 4 aliphatic carbocycles. The van der Waals surface area contributed by atoms with Gasteiger partial charge in [-0.05, 0) is 111 Å². The van der Waals surface area contributed by atoms with E-state index < -0.39 is 6.10 Å². The summed E-state index contributed by atoms with van der Waals surface area (Å²) in [5, 5.41) is 22.9. The summed E-state index contributed by atoms with van der Waals surface area (Å²) < 4.78 is 11.0. The summed E-state index contributed by atoms with van der Waals surface area (Å²) in [5.74, 6) is 3.80. The minimum absolute atomic E-state index is 0.00404. The third kappa shape index (κ3) is 5.17. The Balaban J connectivity index is 1.37. The smallest absolute Gasteiger partial charge is 0.166 e. The van der Waals surface area contributed by atoms with Crippen LogP contribution in [0.25, 0.3) is 0 Å². The van der Waals surface area contributed by atoms with Crippen molar-refractivity contribution in [3.63, 3.8) is 0 Å². The average molecular weight is 579 g/mol. The molecule has 10 atom stereocenters. The molecule has 2 N–H and O–H groups in total. The molecule has 3 saturated carbocycles. The van der Waals surface area contributed by atoms with E-state index in [1.165, 1.54) is 30.4 Å². The number of aliphatic hydroxyl groups excluding tert-OH is 2. The van der Waals surface area contributed by atoms with Crippen molar-refractivity contribution in [2.75, 3.05) is 14.2 Å². The molecule has 0 spiro atoms. The van der Waals surface area contributed by atoms with E-state index in [4.69, 9.17) is 9.47 Å². The summed E-state index contributed by atoms with van der Waals surface area (Å²) in [5.41, 5.74) is 4.03. The highest BCUT2D eigenvalue weighted by molar-refractivity contribution is 6.01. The molecule has 0 amide bonds. The molecule has 0 heterocycles. The van der Waals surface area contributed by atoms with Crippen LogP contribution in [0.15, 0.2) is 35.9 Å². The molecule has 1 aromatic carbocycles. The number of Topliss-reactive ketones (excluding diaryl/α,β-unsaturated/α-hetero) is 1. The molecular weight excluding hydrogens is 524 g/mol. The van der Waals surface area contributed by atoms with E-state index in [1.54, 1.807) is 20.3 Å². The topological polar surface area (TPSA) is 76.0 Å². The minimum Gasteiger partial charge on any atom is -0.497 e. The lowest BCUT2D eigenvalue weighted by Crippen LogP contribution is -2.61. The molecule has 4 aliphatic rings. The van der Waals surface area contributed by atoms with Gasteiger partial charge >= 0.3 is 0 Å². The van der Waals surface area contributed by atoms with E-state index in [0.717, 1.165) is 31.2 Å². The van der Waals surface area contributed by atoms with Crippen molar-refractivity contribution in [1.29, 1.82) is 0 Å². The first-order valence-electron chi connectivity index (χ1n) is 16.3. The summed E-state index contributed by atoms with van der Waals surface area (Å²) >= 11 is 0. The number of fused-ring (bicyclic) bond motifs is 1. The lowest BCUT2D eigenvalue weighted by molar-refractivity contribution is -0.193. The van der Waals surface area contributed by atoms with Gasteiger partial charge in [0, 0.05) is 18.4 Å². The SMILES string of the molecule is C=C(C)C1CC(O)C2(C)CCCC3C2C1CC(C)C3(C)CCC(C)=CC(O)C1CCC(=O)c2c(OC)cc(OC)cc21. The fraction of sp³-hybridized carbons (Fsp3) is 0.703. The van der Waals surface area contributed by atoms with Gasteiger partial charge in [-0.15, -0.1) is 0 Å². The molecule has 0 aliphatic heterocycles. The van der Waals surface area contributed by atoms with E-state index in [0.29, 0.717) is 59.5 Å². The summed E-state index contributed by atoms with van der Waals surface area (Å²) in [7, 11) is 3.18. The molecule has 0 saturated heterocycles. The lowest BCUT2D eigenvalue weighted by Gasteiger charge is -2.66. The van der Waals surface area contributed by atoms with Crippen LogP contribution < -0.4 is 9.47 Å². The molecule has 10 unspecified atom stereocenters. The molecule has 1 aromatic rings. The quantitative estimate of drug-likeness (QED) is 0.307. The van der Waals surface area contributed by atoms with Gasteiger partial charge in [0.25, 0.3) is 0 Å². The van der Waals surface area contributed by atoms with Crippen molar-refractivity contribution in [3.8, 4) is 11.5 Å². The second-order valence-corrected chi connectivity index (χ2v) is 14.9. The highest BCUT2D eigenvalue weighted by Crippen LogP contribution is 2.67. The maximum Gasteiger partial charge on any atom is 0.166 e. The van der Waals surface area contributed by atoms with E-state index in [9.17, 15) is 15.0 Å². The number of methoxy groups -OCH3 is 2. The Morgan fingerprint density at radius 3 is 2.57 bits per heavy atom. The first-order valence-corrected chi connectivity index (χ1v) is 16.3. The van der Waals surface area contributed by atoms with Crippen LogP contribution in [-0.4, -0.2) is 42.4 Å². The van der Waals surface area contributed by atoms with Crippen molar-refractivity contribution >= 4 is 5.78 Å². The molecule has 3 fully saturated rings. The number of allylic oxidation sites excluding steroid dienone is 2. The number of ether oxygens (including phenoxy) is 2.